The van der Waals surface area contributed by atoms with Crippen molar-refractivity contribution in [3.63, 3.8) is 0 Å². The number of nitrogens with one attached hydrogen (secondary N) is 3. The number of nitrogens with zero attached hydrogens (tertiary/aromatic N) is 3. The van der Waals surface area contributed by atoms with E-state index in [2.05, 4.69) is 44.3 Å². The predicted molar refractivity (Wildman–Crippen MR) is 167 cm³/mol. The maximum atomic E-state index is 13.1. The van der Waals surface area contributed by atoms with E-state index in [9.17, 15) is 9.59 Å². The first kappa shape index (κ1) is 28.3. The molecule has 3 N–H and O–H groups in total. The monoisotopic (exact) mass is 568 g/mol. The number of benzene rings is 2. The van der Waals surface area contributed by atoms with Crippen LogP contribution in [0.2, 0.25) is 0 Å². The van der Waals surface area contributed by atoms with Gasteiger partial charge in [-0.15, -0.1) is 11.3 Å². The molecule has 212 valence electrons. The number of rotatable bonds is 9. The number of amides is 2. The fourth-order valence-corrected chi connectivity index (χ4v) is 6.12. The second-order valence-electron chi connectivity index (χ2n) is 10.1. The lowest BCUT2D eigenvalue weighted by Gasteiger charge is -2.18. The first-order valence-corrected chi connectivity index (χ1v) is 14.8. The molecule has 0 spiro atoms. The molecule has 4 aromatic rings. The van der Waals surface area contributed by atoms with E-state index in [1.807, 2.05) is 75.5 Å². The minimum atomic E-state index is -0.163. The van der Waals surface area contributed by atoms with E-state index in [-0.39, 0.29) is 11.8 Å². The van der Waals surface area contributed by atoms with Crippen molar-refractivity contribution in [2.75, 3.05) is 31.5 Å². The van der Waals surface area contributed by atoms with E-state index >= 15 is 0 Å². The zero-order valence-corrected chi connectivity index (χ0v) is 25.0. The van der Waals surface area contributed by atoms with Crippen molar-refractivity contribution in [2.24, 2.45) is 12.0 Å². The van der Waals surface area contributed by atoms with Crippen LogP contribution in [-0.4, -0.2) is 52.4 Å². The molecule has 2 amide bonds. The molecule has 2 aromatic heterocycles. The van der Waals surface area contributed by atoms with Gasteiger partial charge >= 0.3 is 0 Å². The predicted octanol–water partition coefficient (Wildman–Crippen LogP) is 5.50. The third kappa shape index (κ3) is 5.82. The van der Waals surface area contributed by atoms with Gasteiger partial charge in [0.15, 0.2) is 4.80 Å². The molecule has 5 rings (SSSR count). The highest BCUT2D eigenvalue weighted by molar-refractivity contribution is 7.07. The van der Waals surface area contributed by atoms with Gasteiger partial charge in [-0.05, 0) is 68.4 Å². The molecule has 9 heteroatoms. The average Bonchev–Trinajstić information content (AvgIpc) is 3.58. The highest BCUT2D eigenvalue weighted by Crippen LogP contribution is 2.37. The lowest BCUT2D eigenvalue weighted by atomic mass is 10.0. The number of likely N-dealkylation sites (N-methyl/N-ethyl adjacent to an activating group) is 1. The minimum Gasteiger partial charge on any atom is -0.358 e. The maximum Gasteiger partial charge on any atom is 0.256 e. The first-order valence-electron chi connectivity index (χ1n) is 13.9. The summed E-state index contributed by atoms with van der Waals surface area (Å²) in [5, 5.41) is 8.12. The van der Waals surface area contributed by atoms with E-state index < -0.39 is 0 Å². The molecule has 0 saturated carbocycles. The molecule has 0 fully saturated rings. The van der Waals surface area contributed by atoms with Crippen molar-refractivity contribution in [1.29, 1.82) is 0 Å². The molecule has 0 saturated heterocycles. The highest BCUT2D eigenvalue weighted by Gasteiger charge is 2.26. The number of aryl methyl sites for hydroxylation is 1. The Labute approximate surface area is 244 Å². The third-order valence-electron chi connectivity index (χ3n) is 7.60. The van der Waals surface area contributed by atoms with Gasteiger partial charge in [0, 0.05) is 48.2 Å². The lowest BCUT2D eigenvalue weighted by Crippen LogP contribution is -2.35. The molecular weight excluding hydrogens is 532 g/mol. The van der Waals surface area contributed by atoms with E-state index in [1.54, 1.807) is 11.3 Å². The summed E-state index contributed by atoms with van der Waals surface area (Å²) in [6.07, 6.45) is 1.85. The van der Waals surface area contributed by atoms with Crippen LogP contribution < -0.4 is 15.4 Å². The van der Waals surface area contributed by atoms with Crippen LogP contribution in [0.1, 0.15) is 46.7 Å². The number of H-pyrrole nitrogens is 1. The Morgan fingerprint density at radius 2 is 1.88 bits per heavy atom. The quantitative estimate of drug-likeness (QED) is 0.233. The standard InChI is InChI=1S/C32H36N6O2S/c1-6-38(7-2)16-15-33-31(40)29-20(3)27(34-21(29)4)18-25-24-17-22(13-14-26(24)36-30(25)39)28-19-41-32(37(28)5)35-23-11-9-8-10-12-23/h8-14,17-19,34H,6-7,15-16H2,1-5H3,(H,33,40)(H,36,39)/b25-18-,35-32-. The first-order chi connectivity index (χ1) is 19.8. The highest BCUT2D eigenvalue weighted by atomic mass is 32.1. The summed E-state index contributed by atoms with van der Waals surface area (Å²) < 4.78 is 2.07. The van der Waals surface area contributed by atoms with Crippen molar-refractivity contribution in [2.45, 2.75) is 27.7 Å². The number of hydrogen-bond acceptors (Lipinski definition) is 5. The molecule has 2 aromatic carbocycles. The Morgan fingerprint density at radius 3 is 2.61 bits per heavy atom. The molecule has 0 atom stereocenters. The van der Waals surface area contributed by atoms with E-state index in [1.165, 1.54) is 0 Å². The van der Waals surface area contributed by atoms with Crippen molar-refractivity contribution >= 4 is 46.2 Å². The van der Waals surface area contributed by atoms with Crippen LogP contribution in [0.4, 0.5) is 11.4 Å². The van der Waals surface area contributed by atoms with Crippen LogP contribution in [0.15, 0.2) is 58.9 Å². The van der Waals surface area contributed by atoms with Crippen molar-refractivity contribution in [1.82, 2.24) is 19.8 Å². The van der Waals surface area contributed by atoms with Gasteiger partial charge in [0.05, 0.1) is 22.5 Å². The van der Waals surface area contributed by atoms with Gasteiger partial charge < -0.3 is 25.1 Å². The van der Waals surface area contributed by atoms with Crippen LogP contribution in [0.3, 0.4) is 0 Å². The summed E-state index contributed by atoms with van der Waals surface area (Å²) in [6, 6.07) is 15.9. The number of anilines is 1. The smallest absolute Gasteiger partial charge is 0.256 e. The molecule has 0 bridgehead atoms. The molecule has 0 unspecified atom stereocenters. The van der Waals surface area contributed by atoms with E-state index in [0.717, 1.165) is 69.6 Å². The summed E-state index contributed by atoms with van der Waals surface area (Å²) in [6.45, 7) is 11.3. The Bertz CT molecular complexity index is 1690. The summed E-state index contributed by atoms with van der Waals surface area (Å²) >= 11 is 1.58. The summed E-state index contributed by atoms with van der Waals surface area (Å²) in [5.74, 6) is -0.267. The molecule has 1 aliphatic rings. The fraction of sp³-hybridized carbons (Fsp3) is 0.281. The van der Waals surface area contributed by atoms with Crippen LogP contribution in [-0.2, 0) is 11.8 Å². The zero-order valence-electron chi connectivity index (χ0n) is 24.2. The van der Waals surface area contributed by atoms with Crippen LogP contribution in [0.25, 0.3) is 22.9 Å². The van der Waals surface area contributed by atoms with Crippen LogP contribution >= 0.6 is 11.3 Å². The molecule has 0 aliphatic carbocycles. The summed E-state index contributed by atoms with van der Waals surface area (Å²) in [4.78, 5) is 37.4. The second-order valence-corrected chi connectivity index (χ2v) is 11.0. The topological polar surface area (TPSA) is 94.5 Å². The number of para-hydroxylation sites is 1. The Balaban J connectivity index is 1.43. The van der Waals surface area contributed by atoms with Gasteiger partial charge in [0.2, 0.25) is 0 Å². The van der Waals surface area contributed by atoms with Crippen LogP contribution in [0.5, 0.6) is 0 Å². The number of thiazole rings is 1. The Kier molecular flexibility index (Phi) is 8.37. The minimum absolute atomic E-state index is 0.103. The van der Waals surface area contributed by atoms with Crippen LogP contribution in [0, 0.1) is 13.8 Å². The van der Waals surface area contributed by atoms with Gasteiger partial charge in [-0.1, -0.05) is 38.1 Å². The molecule has 41 heavy (non-hydrogen) atoms. The molecule has 1 aliphatic heterocycles. The number of hydrogen-bond donors (Lipinski definition) is 3. The number of aromatic nitrogens is 2. The number of aromatic amines is 1. The van der Waals surface area contributed by atoms with E-state index in [4.69, 9.17) is 4.99 Å². The van der Waals surface area contributed by atoms with Crippen molar-refractivity contribution in [3.8, 4) is 11.3 Å². The van der Waals surface area contributed by atoms with Crippen molar-refractivity contribution in [3.05, 3.63) is 86.8 Å². The zero-order chi connectivity index (χ0) is 29.1. The maximum absolute atomic E-state index is 13.1. The number of fused-ring (bicyclic) bond motifs is 1. The van der Waals surface area contributed by atoms with Gasteiger partial charge in [0.1, 0.15) is 0 Å². The normalized spacial score (nSPS) is 14.1. The fourth-order valence-electron chi connectivity index (χ4n) is 5.20. The van der Waals surface area contributed by atoms with E-state index in [0.29, 0.717) is 17.7 Å². The van der Waals surface area contributed by atoms with Gasteiger partial charge in [-0.3, -0.25) is 9.59 Å². The molecule has 0 radical (unpaired) electrons. The third-order valence-corrected chi connectivity index (χ3v) is 8.52. The average molecular weight is 569 g/mol. The SMILES string of the molecule is CCN(CC)CCNC(=O)c1c(C)[nH]c(/C=C2\C(=O)Nc3ccc(-c4cs/c(=N\c5ccccc5)n4C)cc32)c1C. The lowest BCUT2D eigenvalue weighted by molar-refractivity contribution is -0.110. The number of carbonyl (C=O) groups excluding carboxylic acids is 2. The Morgan fingerprint density at radius 1 is 1.12 bits per heavy atom. The van der Waals surface area contributed by atoms with Gasteiger partial charge in [-0.2, -0.15) is 0 Å². The summed E-state index contributed by atoms with van der Waals surface area (Å²) in [7, 11) is 2.00. The molecule has 3 heterocycles. The summed E-state index contributed by atoms with van der Waals surface area (Å²) in [5.41, 5.74) is 8.06. The Hall–Kier alpha value is -4.21. The number of carbonyl (C=O) groups is 2. The second kappa shape index (κ2) is 12.1. The molecular formula is C32H36N6O2S. The largest absolute Gasteiger partial charge is 0.358 e. The van der Waals surface area contributed by atoms with Crippen molar-refractivity contribution < 1.29 is 9.59 Å². The molecule has 8 nitrogen and oxygen atoms in total. The van der Waals surface area contributed by atoms with Gasteiger partial charge in [0.25, 0.3) is 11.8 Å². The van der Waals surface area contributed by atoms with Gasteiger partial charge in [-0.25, -0.2) is 4.99 Å².